The van der Waals surface area contributed by atoms with Crippen molar-refractivity contribution in [3.05, 3.63) is 36.0 Å². The first-order valence-electron chi connectivity index (χ1n) is 5.34. The second-order valence-electron chi connectivity index (χ2n) is 3.62. The number of aromatic nitrogens is 1. The Morgan fingerprint density at radius 3 is 2.88 bits per heavy atom. The van der Waals surface area contributed by atoms with Crippen molar-refractivity contribution in [1.29, 1.82) is 0 Å². The highest BCUT2D eigenvalue weighted by Gasteiger charge is 2.05. The van der Waals surface area contributed by atoms with E-state index in [9.17, 15) is 0 Å². The van der Waals surface area contributed by atoms with Gasteiger partial charge in [0.2, 0.25) is 0 Å². The highest BCUT2D eigenvalue weighted by Crippen LogP contribution is 2.24. The number of hydrogen-bond donors (Lipinski definition) is 0. The van der Waals surface area contributed by atoms with Gasteiger partial charge in [0.25, 0.3) is 0 Å². The lowest BCUT2D eigenvalue weighted by Crippen LogP contribution is -1.95. The average Bonchev–Trinajstić information content (AvgIpc) is 2.35. The smallest absolute Gasteiger partial charge is 0.0706 e. The van der Waals surface area contributed by atoms with Crippen molar-refractivity contribution in [2.75, 3.05) is 12.1 Å². The number of hydrogen-bond acceptors (Lipinski definition) is 2. The summed E-state index contributed by atoms with van der Waals surface area (Å²) in [4.78, 5) is 5.97. The van der Waals surface area contributed by atoms with Gasteiger partial charge in [-0.3, -0.25) is 4.98 Å². The normalized spacial score (nSPS) is 10.9. The maximum Gasteiger partial charge on any atom is 0.0706 e. The maximum atomic E-state index is 5.73. The Hall–Kier alpha value is -0.730. The molecule has 0 amide bonds. The van der Waals surface area contributed by atoms with Crippen LogP contribution in [-0.2, 0) is 6.42 Å². The number of nitrogens with zero attached hydrogens (tertiary/aromatic N) is 1. The Kier molecular flexibility index (Phi) is 4.08. The number of aryl methyl sites for hydroxylation is 1. The fraction of sp³-hybridized carbons (Fsp3) is 0.308. The molecule has 0 radical (unpaired) electrons. The summed E-state index contributed by atoms with van der Waals surface area (Å²) in [5.41, 5.74) is 2.25. The number of thioether (sulfide) groups is 1. The van der Waals surface area contributed by atoms with Crippen LogP contribution in [0.2, 0.25) is 0 Å². The molecule has 0 aliphatic rings. The van der Waals surface area contributed by atoms with Gasteiger partial charge < -0.3 is 0 Å². The number of rotatable bonds is 4. The number of pyridine rings is 1. The van der Waals surface area contributed by atoms with Crippen LogP contribution in [0.5, 0.6) is 0 Å². The fourth-order valence-electron chi connectivity index (χ4n) is 1.73. The Balaban J connectivity index is 2.45. The van der Waals surface area contributed by atoms with E-state index in [1.54, 1.807) is 11.8 Å². The van der Waals surface area contributed by atoms with Gasteiger partial charge in [-0.05, 0) is 31.2 Å². The highest BCUT2D eigenvalue weighted by molar-refractivity contribution is 7.98. The Morgan fingerprint density at radius 2 is 2.12 bits per heavy atom. The summed E-state index contributed by atoms with van der Waals surface area (Å²) in [5, 5.41) is 1.21. The second-order valence-corrected chi connectivity index (χ2v) is 4.85. The van der Waals surface area contributed by atoms with Crippen LogP contribution in [-0.4, -0.2) is 17.1 Å². The molecule has 3 heteroatoms. The third kappa shape index (κ3) is 2.50. The molecule has 2 rings (SSSR count). The van der Waals surface area contributed by atoms with E-state index >= 15 is 0 Å². The number of para-hydroxylation sites is 1. The van der Waals surface area contributed by atoms with Gasteiger partial charge in [-0.15, -0.1) is 23.4 Å². The van der Waals surface area contributed by atoms with Gasteiger partial charge in [-0.1, -0.05) is 18.2 Å². The Morgan fingerprint density at radius 1 is 1.31 bits per heavy atom. The van der Waals surface area contributed by atoms with E-state index in [-0.39, 0.29) is 0 Å². The van der Waals surface area contributed by atoms with E-state index in [2.05, 4.69) is 24.5 Å². The van der Waals surface area contributed by atoms with Crippen LogP contribution in [0.15, 0.2) is 35.2 Å². The van der Waals surface area contributed by atoms with E-state index in [1.807, 2.05) is 12.1 Å². The molecule has 1 heterocycles. The summed E-state index contributed by atoms with van der Waals surface area (Å²) in [6.07, 6.45) is 4.04. The summed E-state index contributed by atoms with van der Waals surface area (Å²) < 4.78 is 0. The summed E-state index contributed by atoms with van der Waals surface area (Å²) in [6, 6.07) is 10.5. The zero-order chi connectivity index (χ0) is 11.4. The maximum absolute atomic E-state index is 5.73. The highest BCUT2D eigenvalue weighted by atomic mass is 35.5. The largest absolute Gasteiger partial charge is 0.252 e. The number of halogens is 1. The van der Waals surface area contributed by atoms with Crippen molar-refractivity contribution in [3.8, 4) is 0 Å². The predicted molar refractivity (Wildman–Crippen MR) is 72.6 cm³/mol. The van der Waals surface area contributed by atoms with Crippen LogP contribution in [0.4, 0.5) is 0 Å². The van der Waals surface area contributed by atoms with Gasteiger partial charge in [-0.25, -0.2) is 0 Å². The van der Waals surface area contributed by atoms with Crippen LogP contribution in [0.25, 0.3) is 10.9 Å². The Bertz CT molecular complexity index is 484. The first kappa shape index (κ1) is 11.7. The van der Waals surface area contributed by atoms with E-state index in [0.29, 0.717) is 5.88 Å². The van der Waals surface area contributed by atoms with Crippen LogP contribution < -0.4 is 0 Å². The lowest BCUT2D eigenvalue weighted by atomic mass is 10.1. The molecule has 1 aromatic carbocycles. The molecule has 0 saturated carbocycles. The molecule has 0 saturated heterocycles. The minimum absolute atomic E-state index is 0.697. The van der Waals surface area contributed by atoms with Gasteiger partial charge in [0.05, 0.1) is 11.2 Å². The summed E-state index contributed by atoms with van der Waals surface area (Å²) in [5.74, 6) is 0.697. The zero-order valence-electron chi connectivity index (χ0n) is 9.24. The van der Waals surface area contributed by atoms with Gasteiger partial charge in [0.15, 0.2) is 0 Å². The molecule has 0 aliphatic heterocycles. The van der Waals surface area contributed by atoms with Crippen LogP contribution >= 0.6 is 23.4 Å². The average molecular weight is 252 g/mol. The minimum Gasteiger partial charge on any atom is -0.252 e. The van der Waals surface area contributed by atoms with Crippen LogP contribution in [0.3, 0.4) is 0 Å². The van der Waals surface area contributed by atoms with Crippen molar-refractivity contribution in [2.24, 2.45) is 0 Å². The van der Waals surface area contributed by atoms with E-state index in [0.717, 1.165) is 18.4 Å². The third-order valence-corrected chi connectivity index (χ3v) is 3.59. The first-order chi connectivity index (χ1) is 7.85. The lowest BCUT2D eigenvalue weighted by molar-refractivity contribution is 0.870. The van der Waals surface area contributed by atoms with Gasteiger partial charge >= 0.3 is 0 Å². The van der Waals surface area contributed by atoms with Gasteiger partial charge in [-0.2, -0.15) is 0 Å². The van der Waals surface area contributed by atoms with Crippen molar-refractivity contribution in [3.63, 3.8) is 0 Å². The molecule has 0 atom stereocenters. The lowest BCUT2D eigenvalue weighted by Gasteiger charge is -2.07. The SMILES string of the molecule is CSc1cc2ccccc2nc1CCCCl. The predicted octanol–water partition coefficient (Wildman–Crippen LogP) is 4.13. The van der Waals surface area contributed by atoms with E-state index < -0.39 is 0 Å². The van der Waals surface area contributed by atoms with Crippen molar-refractivity contribution < 1.29 is 0 Å². The van der Waals surface area contributed by atoms with Gasteiger partial charge in [0, 0.05) is 16.2 Å². The minimum atomic E-state index is 0.697. The second kappa shape index (κ2) is 5.55. The summed E-state index contributed by atoms with van der Waals surface area (Å²) in [6.45, 7) is 0. The molecule has 84 valence electrons. The van der Waals surface area contributed by atoms with Crippen molar-refractivity contribution in [1.82, 2.24) is 4.98 Å². The summed E-state index contributed by atoms with van der Waals surface area (Å²) in [7, 11) is 0. The van der Waals surface area contributed by atoms with Crippen molar-refractivity contribution >= 4 is 34.3 Å². The number of benzene rings is 1. The molecule has 0 bridgehead atoms. The number of fused-ring (bicyclic) bond motifs is 1. The first-order valence-corrected chi connectivity index (χ1v) is 7.09. The number of alkyl halides is 1. The topological polar surface area (TPSA) is 12.9 Å². The molecule has 0 aliphatic carbocycles. The fourth-order valence-corrected chi connectivity index (χ4v) is 2.49. The van der Waals surface area contributed by atoms with Gasteiger partial charge in [0.1, 0.15) is 0 Å². The molecule has 2 aromatic rings. The molecule has 1 nitrogen and oxygen atoms in total. The molecule has 0 fully saturated rings. The van der Waals surface area contributed by atoms with Crippen LogP contribution in [0, 0.1) is 0 Å². The molecular weight excluding hydrogens is 238 g/mol. The van der Waals surface area contributed by atoms with E-state index in [1.165, 1.54) is 16.0 Å². The molecule has 16 heavy (non-hydrogen) atoms. The summed E-state index contributed by atoms with van der Waals surface area (Å²) >= 11 is 7.49. The standard InChI is InChI=1S/C13H14ClNS/c1-16-13-9-10-5-2-3-6-11(10)15-12(13)7-4-8-14/h2-3,5-6,9H,4,7-8H2,1H3. The monoisotopic (exact) mass is 251 g/mol. The molecule has 0 spiro atoms. The quantitative estimate of drug-likeness (QED) is 0.599. The molecule has 0 N–H and O–H groups in total. The molecule has 0 unspecified atom stereocenters. The van der Waals surface area contributed by atoms with Crippen LogP contribution in [0.1, 0.15) is 12.1 Å². The Labute approximate surface area is 105 Å². The molecule has 1 aromatic heterocycles. The molecular formula is C13H14ClNS. The third-order valence-electron chi connectivity index (χ3n) is 2.53. The van der Waals surface area contributed by atoms with Crippen molar-refractivity contribution in [2.45, 2.75) is 17.7 Å². The van der Waals surface area contributed by atoms with E-state index in [4.69, 9.17) is 16.6 Å². The zero-order valence-corrected chi connectivity index (χ0v) is 10.8.